The van der Waals surface area contributed by atoms with Gasteiger partial charge in [0.05, 0.1) is 0 Å². The molecule has 1 amide bonds. The van der Waals surface area contributed by atoms with Gasteiger partial charge in [-0.15, -0.1) is 0 Å². The van der Waals surface area contributed by atoms with Crippen LogP contribution in [-0.2, 0) is 4.79 Å². The van der Waals surface area contributed by atoms with Crippen molar-refractivity contribution in [2.24, 2.45) is 0 Å². The fourth-order valence-corrected chi connectivity index (χ4v) is 4.19. The van der Waals surface area contributed by atoms with Crippen molar-refractivity contribution >= 4 is 35.7 Å². The molecule has 4 aromatic rings. The zero-order chi connectivity index (χ0) is 24.6. The summed E-state index contributed by atoms with van der Waals surface area (Å²) in [5.41, 5.74) is 6.65. The van der Waals surface area contributed by atoms with Crippen LogP contribution in [0.15, 0.2) is 115 Å². The summed E-state index contributed by atoms with van der Waals surface area (Å²) in [4.78, 5) is 23.9. The van der Waals surface area contributed by atoms with E-state index in [4.69, 9.17) is 0 Å². The van der Waals surface area contributed by atoms with Gasteiger partial charge in [0.25, 0.3) is 5.91 Å². The van der Waals surface area contributed by atoms with Crippen LogP contribution in [0, 0.1) is 0 Å². The predicted molar refractivity (Wildman–Crippen MR) is 144 cm³/mol. The molecule has 0 aliphatic heterocycles. The van der Waals surface area contributed by atoms with E-state index in [0.29, 0.717) is 5.56 Å². The minimum atomic E-state index is -1.12. The van der Waals surface area contributed by atoms with Crippen molar-refractivity contribution in [3.63, 3.8) is 0 Å². The number of carbonyl (C=O) groups is 2. The normalized spacial score (nSPS) is 11.3. The SMILES string of the molecule is O=C(N[C@@H](CS)C(=O)O)c1ccc(C(=C(c2ccccc2)c2ccccc2)c2ccccc2)cc1. The van der Waals surface area contributed by atoms with Gasteiger partial charge in [-0.3, -0.25) is 4.79 Å². The molecule has 4 nitrogen and oxygen atoms in total. The Morgan fingerprint density at radius 1 is 0.600 bits per heavy atom. The van der Waals surface area contributed by atoms with Crippen LogP contribution in [0.5, 0.6) is 0 Å². The summed E-state index contributed by atoms with van der Waals surface area (Å²) in [7, 11) is 0. The second kappa shape index (κ2) is 11.4. The van der Waals surface area contributed by atoms with Crippen LogP contribution in [0.2, 0.25) is 0 Å². The average molecular weight is 480 g/mol. The van der Waals surface area contributed by atoms with E-state index in [1.807, 2.05) is 66.7 Å². The lowest BCUT2D eigenvalue weighted by atomic mass is 9.85. The van der Waals surface area contributed by atoms with Crippen molar-refractivity contribution in [1.29, 1.82) is 0 Å². The number of hydrogen-bond donors (Lipinski definition) is 3. The Balaban J connectivity index is 1.85. The smallest absolute Gasteiger partial charge is 0.327 e. The Labute approximate surface area is 210 Å². The number of hydrogen-bond acceptors (Lipinski definition) is 3. The number of amides is 1. The number of benzene rings is 4. The van der Waals surface area contributed by atoms with E-state index < -0.39 is 17.9 Å². The summed E-state index contributed by atoms with van der Waals surface area (Å²) >= 11 is 4.02. The lowest BCUT2D eigenvalue weighted by molar-refractivity contribution is -0.138. The zero-order valence-electron chi connectivity index (χ0n) is 19.0. The predicted octanol–water partition coefficient (Wildman–Crippen LogP) is 5.81. The Morgan fingerprint density at radius 3 is 1.29 bits per heavy atom. The third-order valence-corrected chi connectivity index (χ3v) is 6.02. The van der Waals surface area contributed by atoms with Gasteiger partial charge in [-0.1, -0.05) is 103 Å². The van der Waals surface area contributed by atoms with E-state index in [1.165, 1.54) is 0 Å². The summed E-state index contributed by atoms with van der Waals surface area (Å²) in [5.74, 6) is -1.55. The maximum Gasteiger partial charge on any atom is 0.327 e. The van der Waals surface area contributed by atoms with Crippen LogP contribution in [0.3, 0.4) is 0 Å². The standard InChI is InChI=1S/C30H25NO3S/c32-29(31-26(20-35)30(33)34)25-18-16-24(17-19-25)28(23-14-8-3-9-15-23)27(21-10-4-1-5-11-21)22-12-6-2-7-13-22/h1-19,26,35H,20H2,(H,31,32)(H,33,34)/t26-/m0/s1. The molecule has 4 aromatic carbocycles. The van der Waals surface area contributed by atoms with Crippen molar-refractivity contribution in [3.8, 4) is 0 Å². The fraction of sp³-hybridized carbons (Fsp3) is 0.0667. The summed E-state index contributed by atoms with van der Waals surface area (Å²) in [5, 5.41) is 11.7. The minimum absolute atomic E-state index is 0.0115. The molecule has 0 saturated heterocycles. The number of aliphatic carboxylic acids is 1. The Morgan fingerprint density at radius 2 is 0.943 bits per heavy atom. The molecule has 35 heavy (non-hydrogen) atoms. The Kier molecular flexibility index (Phi) is 7.81. The molecule has 5 heteroatoms. The molecular weight excluding hydrogens is 454 g/mol. The van der Waals surface area contributed by atoms with Gasteiger partial charge in [-0.05, 0) is 45.5 Å². The van der Waals surface area contributed by atoms with Gasteiger partial charge in [-0.25, -0.2) is 4.79 Å². The molecule has 1 atom stereocenters. The van der Waals surface area contributed by atoms with Gasteiger partial charge in [0.2, 0.25) is 0 Å². The summed E-state index contributed by atoms with van der Waals surface area (Å²) in [6, 6.07) is 36.8. The van der Waals surface area contributed by atoms with Gasteiger partial charge < -0.3 is 10.4 Å². The highest BCUT2D eigenvalue weighted by atomic mass is 32.1. The molecule has 0 aromatic heterocycles. The number of carbonyl (C=O) groups excluding carboxylic acids is 1. The monoisotopic (exact) mass is 479 g/mol. The first-order chi connectivity index (χ1) is 17.1. The van der Waals surface area contributed by atoms with Crippen LogP contribution in [-0.4, -0.2) is 28.8 Å². The first-order valence-corrected chi connectivity index (χ1v) is 11.9. The van der Waals surface area contributed by atoms with E-state index in [9.17, 15) is 14.7 Å². The molecule has 0 bridgehead atoms. The lowest BCUT2D eigenvalue weighted by Gasteiger charge is -2.18. The van der Waals surface area contributed by atoms with Gasteiger partial charge in [0.1, 0.15) is 6.04 Å². The number of thiol groups is 1. The third kappa shape index (κ3) is 5.70. The van der Waals surface area contributed by atoms with Crippen LogP contribution < -0.4 is 5.32 Å². The van der Waals surface area contributed by atoms with Crippen molar-refractivity contribution in [3.05, 3.63) is 143 Å². The second-order valence-corrected chi connectivity index (χ2v) is 8.34. The van der Waals surface area contributed by atoms with Crippen molar-refractivity contribution in [1.82, 2.24) is 5.32 Å². The largest absolute Gasteiger partial charge is 0.480 e. The van der Waals surface area contributed by atoms with Crippen LogP contribution in [0.4, 0.5) is 0 Å². The lowest BCUT2D eigenvalue weighted by Crippen LogP contribution is -2.42. The summed E-state index contributed by atoms with van der Waals surface area (Å²) in [6.45, 7) is 0. The van der Waals surface area contributed by atoms with Gasteiger partial charge >= 0.3 is 5.97 Å². The molecule has 0 fully saturated rings. The number of carboxylic acid groups (broad SMARTS) is 1. The van der Waals surface area contributed by atoms with Crippen LogP contribution >= 0.6 is 12.6 Å². The van der Waals surface area contributed by atoms with Crippen molar-refractivity contribution < 1.29 is 14.7 Å². The van der Waals surface area contributed by atoms with Crippen molar-refractivity contribution in [2.45, 2.75) is 6.04 Å². The molecule has 2 N–H and O–H groups in total. The van der Waals surface area contributed by atoms with Crippen LogP contribution in [0.1, 0.15) is 32.6 Å². The third-order valence-electron chi connectivity index (χ3n) is 5.66. The summed E-state index contributed by atoms with van der Waals surface area (Å²) in [6.07, 6.45) is 0. The van der Waals surface area contributed by atoms with Gasteiger partial charge in [0, 0.05) is 11.3 Å². The highest BCUT2D eigenvalue weighted by molar-refractivity contribution is 7.80. The maximum atomic E-state index is 12.6. The topological polar surface area (TPSA) is 66.4 Å². The van der Waals surface area contributed by atoms with Gasteiger partial charge in [-0.2, -0.15) is 12.6 Å². The molecule has 0 aliphatic rings. The zero-order valence-corrected chi connectivity index (χ0v) is 19.9. The van der Waals surface area contributed by atoms with E-state index in [0.717, 1.165) is 33.4 Å². The Bertz CT molecular complexity index is 1280. The van der Waals surface area contributed by atoms with Gasteiger partial charge in [0.15, 0.2) is 0 Å². The molecule has 174 valence electrons. The molecule has 0 saturated carbocycles. The highest BCUT2D eigenvalue weighted by Gasteiger charge is 2.20. The van der Waals surface area contributed by atoms with Crippen molar-refractivity contribution in [2.75, 3.05) is 5.75 Å². The average Bonchev–Trinajstić information content (AvgIpc) is 2.91. The second-order valence-electron chi connectivity index (χ2n) is 7.97. The molecule has 0 heterocycles. The first-order valence-electron chi connectivity index (χ1n) is 11.2. The van der Waals surface area contributed by atoms with E-state index in [1.54, 1.807) is 12.1 Å². The summed E-state index contributed by atoms with van der Waals surface area (Å²) < 4.78 is 0. The minimum Gasteiger partial charge on any atom is -0.480 e. The molecule has 0 aliphatic carbocycles. The highest BCUT2D eigenvalue weighted by Crippen LogP contribution is 2.36. The number of rotatable bonds is 8. The first kappa shape index (κ1) is 24.0. The fourth-order valence-electron chi connectivity index (χ4n) is 3.94. The maximum absolute atomic E-state index is 12.6. The molecule has 0 unspecified atom stereocenters. The van der Waals surface area contributed by atoms with E-state index in [2.05, 4.69) is 54.3 Å². The van der Waals surface area contributed by atoms with E-state index in [-0.39, 0.29) is 5.75 Å². The Hall–Kier alpha value is -4.09. The molecule has 0 radical (unpaired) electrons. The molecule has 4 rings (SSSR count). The molecular formula is C30H25NO3S. The number of nitrogens with one attached hydrogen (secondary N) is 1. The number of carboxylic acids is 1. The van der Waals surface area contributed by atoms with E-state index >= 15 is 0 Å². The quantitative estimate of drug-likeness (QED) is 0.221. The van der Waals surface area contributed by atoms with Crippen LogP contribution in [0.25, 0.3) is 11.1 Å². The molecule has 0 spiro atoms.